The summed E-state index contributed by atoms with van der Waals surface area (Å²) in [5, 5.41) is 7.89. The van der Waals surface area contributed by atoms with Crippen molar-refractivity contribution in [1.29, 1.82) is 0 Å². The molecule has 1 unspecified atom stereocenters. The van der Waals surface area contributed by atoms with Crippen LogP contribution in [0, 0.1) is 0 Å². The van der Waals surface area contributed by atoms with Crippen LogP contribution in [0.3, 0.4) is 0 Å². The van der Waals surface area contributed by atoms with Crippen molar-refractivity contribution < 1.29 is 27.7 Å². The topological polar surface area (TPSA) is 147 Å². The van der Waals surface area contributed by atoms with Gasteiger partial charge >= 0.3 is 5.97 Å². The highest BCUT2D eigenvalue weighted by Gasteiger charge is 2.23. The van der Waals surface area contributed by atoms with Crippen molar-refractivity contribution in [3.63, 3.8) is 0 Å². The molecule has 9 heteroatoms. The monoisotopic (exact) mass is 310 g/mol. The van der Waals surface area contributed by atoms with E-state index in [0.717, 1.165) is 6.08 Å². The molecule has 0 aliphatic carbocycles. The molecule has 0 aliphatic rings. The molecule has 5 N–H and O–H groups in total. The molecular weight excluding hydrogens is 288 g/mol. The van der Waals surface area contributed by atoms with E-state index in [1.165, 1.54) is 11.8 Å². The van der Waals surface area contributed by atoms with E-state index in [9.17, 15) is 18.0 Å². The number of carboxylic acid groups (broad SMARTS) is 1. The van der Waals surface area contributed by atoms with Crippen molar-refractivity contribution in [2.45, 2.75) is 13.0 Å². The summed E-state index contributed by atoms with van der Waals surface area (Å²) in [6.07, 6.45) is 1.04. The largest absolute Gasteiger partial charge is 0.478 e. The van der Waals surface area contributed by atoms with Crippen molar-refractivity contribution in [1.82, 2.24) is 11.1 Å². The molecule has 0 saturated carbocycles. The molecule has 118 valence electrons. The normalized spacial score (nSPS) is 11.4. The van der Waals surface area contributed by atoms with E-state index in [2.05, 4.69) is 13.2 Å². The van der Waals surface area contributed by atoms with Crippen LogP contribution in [0.15, 0.2) is 24.8 Å². The Kier molecular flexibility index (Phi) is 12.1. The lowest BCUT2D eigenvalue weighted by Gasteiger charge is -2.19. The Morgan fingerprint density at radius 3 is 1.85 bits per heavy atom. The smallest absolute Gasteiger partial charge is 0.330 e. The van der Waals surface area contributed by atoms with Gasteiger partial charge in [0.1, 0.15) is 0 Å². The lowest BCUT2D eigenvalue weighted by atomic mass is 10.2. The van der Waals surface area contributed by atoms with Crippen molar-refractivity contribution in [3.05, 3.63) is 24.8 Å². The van der Waals surface area contributed by atoms with Gasteiger partial charge < -0.3 is 11.3 Å². The van der Waals surface area contributed by atoms with Crippen LogP contribution in [-0.2, 0) is 19.7 Å². The van der Waals surface area contributed by atoms with E-state index in [-0.39, 0.29) is 11.7 Å². The molecule has 0 aliphatic heterocycles. The van der Waals surface area contributed by atoms with Crippen LogP contribution in [0.1, 0.15) is 6.92 Å². The Labute approximate surface area is 119 Å². The summed E-state index contributed by atoms with van der Waals surface area (Å²) in [5.41, 5.74) is 0.176. The first kappa shape index (κ1) is 23.5. The molecule has 0 fully saturated rings. The van der Waals surface area contributed by atoms with Gasteiger partial charge in [-0.2, -0.15) is 8.42 Å². The molecule has 0 aromatic rings. The number of aliphatic carboxylic acids is 1. The number of hydrogen-bond acceptors (Lipinski definition) is 6. The Bertz CT molecular complexity index is 444. The number of carbonyl (C=O) groups is 2. The molecule has 0 heterocycles. The van der Waals surface area contributed by atoms with Crippen LogP contribution in [0.25, 0.3) is 0 Å². The number of rotatable bonds is 6. The summed E-state index contributed by atoms with van der Waals surface area (Å²) in [5.74, 6) is -1.97. The average Bonchev–Trinajstić information content (AvgIpc) is 2.24. The first-order valence-electron chi connectivity index (χ1n) is 5.09. The van der Waals surface area contributed by atoms with Crippen LogP contribution >= 0.6 is 0 Å². The third-order valence-electron chi connectivity index (χ3n) is 1.89. The molecular formula is C11H22N2O6S. The fourth-order valence-electron chi connectivity index (χ4n) is 0.821. The molecule has 0 aromatic carbocycles. The van der Waals surface area contributed by atoms with Gasteiger partial charge in [0.2, 0.25) is 0 Å². The van der Waals surface area contributed by atoms with Crippen LogP contribution < -0.4 is 6.15 Å². The van der Waals surface area contributed by atoms with E-state index >= 15 is 0 Å². The fraction of sp³-hybridized carbons (Fsp3) is 0.455. The number of likely N-dealkylation sites (N-methyl/N-ethyl adjacent to an activating group) is 1. The Hall–Kier alpha value is -1.55. The Balaban J connectivity index is -0.000000352. The summed E-state index contributed by atoms with van der Waals surface area (Å²) in [4.78, 5) is 22.1. The highest BCUT2D eigenvalue weighted by Crippen LogP contribution is 2.00. The molecule has 0 rings (SSSR count). The molecule has 0 radical (unpaired) electrons. The summed E-state index contributed by atoms with van der Waals surface area (Å²) in [6, 6.07) is -0.868. The molecule has 8 nitrogen and oxygen atoms in total. The lowest BCUT2D eigenvalue weighted by Crippen LogP contribution is -2.40. The zero-order valence-electron chi connectivity index (χ0n) is 11.9. The van der Waals surface area contributed by atoms with Gasteiger partial charge in [-0.15, -0.1) is 0 Å². The zero-order valence-corrected chi connectivity index (χ0v) is 12.7. The molecule has 1 atom stereocenters. The second-order valence-corrected chi connectivity index (χ2v) is 5.42. The summed E-state index contributed by atoms with van der Waals surface area (Å²) >= 11 is 0. The van der Waals surface area contributed by atoms with Crippen molar-refractivity contribution in [2.24, 2.45) is 0 Å². The van der Waals surface area contributed by atoms with Crippen LogP contribution in [0.5, 0.6) is 0 Å². The standard InChI is InChI=1S/C7H13NO4S.C4H6O2.H3N/c1-4-7(9)6(8(2)3)5-13(10,11)12;1-3(2)4(5)6;/h4,6H,1,5H2,2-3H3,(H,10,11,12);1H2,2H3,(H,5,6);1H3. The summed E-state index contributed by atoms with van der Waals surface area (Å²) in [6.45, 7) is 7.84. The lowest BCUT2D eigenvalue weighted by molar-refractivity contribution is -0.132. The molecule has 0 amide bonds. The van der Waals surface area contributed by atoms with Gasteiger partial charge in [0.25, 0.3) is 10.1 Å². The van der Waals surface area contributed by atoms with Crippen LogP contribution in [0.4, 0.5) is 0 Å². The van der Waals surface area contributed by atoms with Crippen molar-refractivity contribution in [3.8, 4) is 0 Å². The minimum absolute atomic E-state index is 0. The van der Waals surface area contributed by atoms with Gasteiger partial charge in [-0.1, -0.05) is 13.2 Å². The van der Waals surface area contributed by atoms with Gasteiger partial charge in [-0.05, 0) is 27.1 Å². The summed E-state index contributed by atoms with van der Waals surface area (Å²) < 4.78 is 29.6. The summed E-state index contributed by atoms with van der Waals surface area (Å²) in [7, 11) is -1.03. The molecule has 0 bridgehead atoms. The Morgan fingerprint density at radius 2 is 1.70 bits per heavy atom. The number of carboxylic acids is 1. The predicted octanol–water partition coefficient (Wildman–Crippen LogP) is 0.369. The first-order valence-corrected chi connectivity index (χ1v) is 6.70. The minimum atomic E-state index is -4.13. The second kappa shape index (κ2) is 10.3. The Morgan fingerprint density at radius 1 is 1.35 bits per heavy atom. The third kappa shape index (κ3) is 12.9. The molecule has 0 saturated heterocycles. The second-order valence-electron chi connectivity index (χ2n) is 3.92. The van der Waals surface area contributed by atoms with Crippen molar-refractivity contribution in [2.75, 3.05) is 19.8 Å². The van der Waals surface area contributed by atoms with Crippen LogP contribution in [0.2, 0.25) is 0 Å². The van der Waals surface area contributed by atoms with E-state index < -0.39 is 33.7 Å². The first-order chi connectivity index (χ1) is 8.42. The predicted molar refractivity (Wildman–Crippen MR) is 76.6 cm³/mol. The minimum Gasteiger partial charge on any atom is -0.478 e. The SMILES string of the molecule is C=C(C)C(=O)O.C=CC(=O)C(CS(=O)(=O)O)N(C)C.N. The maximum absolute atomic E-state index is 11.1. The van der Waals surface area contributed by atoms with E-state index in [1.54, 1.807) is 14.1 Å². The van der Waals surface area contributed by atoms with Gasteiger partial charge in [0.15, 0.2) is 5.78 Å². The number of ketones is 1. The maximum Gasteiger partial charge on any atom is 0.330 e. The van der Waals surface area contributed by atoms with Gasteiger partial charge in [0.05, 0.1) is 11.8 Å². The molecule has 0 aromatic heterocycles. The van der Waals surface area contributed by atoms with E-state index in [1.807, 2.05) is 0 Å². The number of nitrogens with zero attached hydrogens (tertiary/aromatic N) is 1. The van der Waals surface area contributed by atoms with Gasteiger partial charge in [-0.25, -0.2) is 4.79 Å². The number of carbonyl (C=O) groups excluding carboxylic acids is 1. The third-order valence-corrected chi connectivity index (χ3v) is 2.62. The van der Waals surface area contributed by atoms with Gasteiger partial charge in [-0.3, -0.25) is 14.2 Å². The van der Waals surface area contributed by atoms with E-state index in [4.69, 9.17) is 9.66 Å². The quantitative estimate of drug-likeness (QED) is 0.471. The highest BCUT2D eigenvalue weighted by molar-refractivity contribution is 7.85. The average molecular weight is 310 g/mol. The number of hydrogen-bond donors (Lipinski definition) is 3. The highest BCUT2D eigenvalue weighted by atomic mass is 32.2. The molecule has 20 heavy (non-hydrogen) atoms. The van der Waals surface area contributed by atoms with E-state index in [0.29, 0.717) is 0 Å². The fourth-order valence-corrected chi connectivity index (χ4v) is 1.68. The van der Waals surface area contributed by atoms with Crippen LogP contribution in [-0.4, -0.2) is 60.6 Å². The zero-order chi connectivity index (χ0) is 15.8. The molecule has 0 spiro atoms. The van der Waals surface area contributed by atoms with Crippen molar-refractivity contribution >= 4 is 21.9 Å². The van der Waals surface area contributed by atoms with Gasteiger partial charge in [0, 0.05) is 5.57 Å². The maximum atomic E-state index is 11.1.